The summed E-state index contributed by atoms with van der Waals surface area (Å²) in [4.78, 5) is 18.9. The van der Waals surface area contributed by atoms with Gasteiger partial charge in [0.1, 0.15) is 17.4 Å². The largest absolute Gasteiger partial charge is 0.497 e. The fraction of sp³-hybridized carbons (Fsp3) is 0.333. The first-order valence-electron chi connectivity index (χ1n) is 6.60. The number of H-pyrrole nitrogens is 1. The van der Waals surface area contributed by atoms with Gasteiger partial charge < -0.3 is 15.0 Å². The molecule has 0 amide bonds. The van der Waals surface area contributed by atoms with E-state index in [1.165, 1.54) is 19.2 Å². The Labute approximate surface area is 122 Å². The van der Waals surface area contributed by atoms with E-state index < -0.39 is 5.82 Å². The lowest BCUT2D eigenvalue weighted by molar-refractivity contribution is 0.414. The second kappa shape index (κ2) is 5.95. The quantitative estimate of drug-likeness (QED) is 0.909. The number of nitrogens with zero attached hydrogens (tertiary/aromatic N) is 1. The van der Waals surface area contributed by atoms with Gasteiger partial charge in [-0.2, -0.15) is 0 Å². The number of hydrogen-bond acceptors (Lipinski definition) is 4. The molecule has 0 saturated heterocycles. The van der Waals surface area contributed by atoms with E-state index in [0.717, 1.165) is 0 Å². The molecule has 112 valence electrons. The molecule has 1 atom stereocenters. The molecule has 0 bridgehead atoms. The predicted molar refractivity (Wildman–Crippen MR) is 79.3 cm³/mol. The second-order valence-corrected chi connectivity index (χ2v) is 4.86. The van der Waals surface area contributed by atoms with Gasteiger partial charge in [0.2, 0.25) is 0 Å². The number of halogens is 1. The van der Waals surface area contributed by atoms with Crippen molar-refractivity contribution < 1.29 is 9.13 Å². The van der Waals surface area contributed by atoms with Gasteiger partial charge in [0.05, 0.1) is 30.1 Å². The first-order chi connectivity index (χ1) is 9.92. The Kier molecular flexibility index (Phi) is 4.26. The number of aromatic amines is 1. The van der Waals surface area contributed by atoms with Crippen LogP contribution in [-0.2, 0) is 0 Å². The van der Waals surface area contributed by atoms with E-state index >= 15 is 0 Å². The van der Waals surface area contributed by atoms with Crippen LogP contribution in [0, 0.1) is 19.7 Å². The Morgan fingerprint density at radius 3 is 2.71 bits per heavy atom. The number of methoxy groups -OCH3 is 1. The minimum atomic E-state index is -0.406. The molecule has 2 N–H and O–H groups in total. The number of hydrogen-bond donors (Lipinski definition) is 2. The molecule has 6 heteroatoms. The molecule has 2 rings (SSSR count). The molecule has 1 unspecified atom stereocenters. The third kappa shape index (κ3) is 3.21. The molecule has 5 nitrogen and oxygen atoms in total. The lowest BCUT2D eigenvalue weighted by atomic mass is 10.1. The summed E-state index contributed by atoms with van der Waals surface area (Å²) in [5.74, 6) is 0.691. The van der Waals surface area contributed by atoms with Crippen LogP contribution in [-0.4, -0.2) is 17.1 Å². The molecule has 0 aliphatic heterocycles. The maximum absolute atomic E-state index is 13.8. The van der Waals surface area contributed by atoms with E-state index in [0.29, 0.717) is 22.8 Å². The Morgan fingerprint density at radius 1 is 1.38 bits per heavy atom. The molecule has 1 heterocycles. The van der Waals surface area contributed by atoms with Gasteiger partial charge in [-0.15, -0.1) is 0 Å². The SMILES string of the molecule is COc1ccc(F)c(NC(C)c2c(C)nc(C)[nH]c2=O)c1. The number of rotatable bonds is 4. The van der Waals surface area contributed by atoms with E-state index in [4.69, 9.17) is 4.74 Å². The first kappa shape index (κ1) is 15.0. The highest BCUT2D eigenvalue weighted by Crippen LogP contribution is 2.25. The topological polar surface area (TPSA) is 67.0 Å². The summed E-state index contributed by atoms with van der Waals surface area (Å²) in [6.45, 7) is 5.27. The highest BCUT2D eigenvalue weighted by molar-refractivity contribution is 5.51. The fourth-order valence-corrected chi connectivity index (χ4v) is 2.29. The van der Waals surface area contributed by atoms with Crippen LogP contribution in [0.4, 0.5) is 10.1 Å². The number of aryl methyl sites for hydroxylation is 2. The maximum atomic E-state index is 13.8. The van der Waals surface area contributed by atoms with Crippen LogP contribution in [0.1, 0.15) is 30.0 Å². The molecule has 1 aromatic carbocycles. The van der Waals surface area contributed by atoms with Crippen molar-refractivity contribution in [2.45, 2.75) is 26.8 Å². The molecular weight excluding hydrogens is 273 g/mol. The van der Waals surface area contributed by atoms with E-state index in [9.17, 15) is 9.18 Å². The van der Waals surface area contributed by atoms with Gasteiger partial charge in [0.25, 0.3) is 5.56 Å². The Balaban J connectivity index is 2.34. The third-order valence-corrected chi connectivity index (χ3v) is 3.24. The third-order valence-electron chi connectivity index (χ3n) is 3.24. The van der Waals surface area contributed by atoms with E-state index in [2.05, 4.69) is 15.3 Å². The van der Waals surface area contributed by atoms with Gasteiger partial charge in [-0.05, 0) is 32.9 Å². The highest BCUT2D eigenvalue weighted by Gasteiger charge is 2.16. The van der Waals surface area contributed by atoms with Crippen molar-refractivity contribution in [3.63, 3.8) is 0 Å². The van der Waals surface area contributed by atoms with Crippen molar-refractivity contribution in [2.24, 2.45) is 0 Å². The molecule has 0 radical (unpaired) electrons. The van der Waals surface area contributed by atoms with Gasteiger partial charge in [-0.3, -0.25) is 4.79 Å². The second-order valence-electron chi connectivity index (χ2n) is 4.86. The van der Waals surface area contributed by atoms with Crippen LogP contribution in [0.5, 0.6) is 5.75 Å². The van der Waals surface area contributed by atoms with Crippen LogP contribution >= 0.6 is 0 Å². The van der Waals surface area contributed by atoms with Gasteiger partial charge in [-0.25, -0.2) is 9.37 Å². The standard InChI is InChI=1S/C15H18FN3O2/c1-8-14(15(20)19-10(3)17-8)9(2)18-13-7-11(21-4)5-6-12(13)16/h5-7,9,18H,1-4H3,(H,17,19,20). The Bertz CT molecular complexity index is 713. The lowest BCUT2D eigenvalue weighted by Crippen LogP contribution is -2.23. The minimum Gasteiger partial charge on any atom is -0.497 e. The van der Waals surface area contributed by atoms with Crippen molar-refractivity contribution in [3.05, 3.63) is 51.5 Å². The van der Waals surface area contributed by atoms with Crippen molar-refractivity contribution in [3.8, 4) is 5.75 Å². The first-order valence-corrected chi connectivity index (χ1v) is 6.60. The van der Waals surface area contributed by atoms with Crippen LogP contribution in [0.2, 0.25) is 0 Å². The average Bonchev–Trinajstić information content (AvgIpc) is 2.40. The molecular formula is C15H18FN3O2. The fourth-order valence-electron chi connectivity index (χ4n) is 2.29. The zero-order valence-corrected chi connectivity index (χ0v) is 12.5. The van der Waals surface area contributed by atoms with Gasteiger partial charge >= 0.3 is 0 Å². The number of benzene rings is 1. The molecule has 0 spiro atoms. The van der Waals surface area contributed by atoms with Crippen molar-refractivity contribution in [1.82, 2.24) is 9.97 Å². The Hall–Kier alpha value is -2.37. The van der Waals surface area contributed by atoms with E-state index in [1.807, 2.05) is 0 Å². The average molecular weight is 291 g/mol. The zero-order chi connectivity index (χ0) is 15.6. The molecule has 0 aliphatic carbocycles. The summed E-state index contributed by atoms with van der Waals surface area (Å²) >= 11 is 0. The molecule has 0 fully saturated rings. The zero-order valence-electron chi connectivity index (χ0n) is 12.5. The summed E-state index contributed by atoms with van der Waals surface area (Å²) in [5.41, 5.74) is 1.17. The maximum Gasteiger partial charge on any atom is 0.256 e. The number of anilines is 1. The molecule has 0 saturated carbocycles. The summed E-state index contributed by atoms with van der Waals surface area (Å²) in [7, 11) is 1.51. The van der Waals surface area contributed by atoms with Crippen LogP contribution in [0.25, 0.3) is 0 Å². The highest BCUT2D eigenvalue weighted by atomic mass is 19.1. The monoisotopic (exact) mass is 291 g/mol. The summed E-state index contributed by atoms with van der Waals surface area (Å²) in [6.07, 6.45) is 0. The van der Waals surface area contributed by atoms with E-state index in [1.54, 1.807) is 26.8 Å². The van der Waals surface area contributed by atoms with Gasteiger partial charge in [0.15, 0.2) is 0 Å². The van der Waals surface area contributed by atoms with Crippen molar-refractivity contribution in [1.29, 1.82) is 0 Å². The summed E-state index contributed by atoms with van der Waals surface area (Å²) in [5, 5.41) is 2.99. The number of ether oxygens (including phenoxy) is 1. The lowest BCUT2D eigenvalue weighted by Gasteiger charge is -2.17. The van der Waals surface area contributed by atoms with E-state index in [-0.39, 0.29) is 17.3 Å². The Morgan fingerprint density at radius 2 is 2.10 bits per heavy atom. The van der Waals surface area contributed by atoms with Crippen LogP contribution in [0.15, 0.2) is 23.0 Å². The van der Waals surface area contributed by atoms with Crippen molar-refractivity contribution >= 4 is 5.69 Å². The smallest absolute Gasteiger partial charge is 0.256 e. The van der Waals surface area contributed by atoms with Gasteiger partial charge in [0, 0.05) is 6.07 Å². The van der Waals surface area contributed by atoms with Crippen LogP contribution < -0.4 is 15.6 Å². The summed E-state index contributed by atoms with van der Waals surface area (Å²) in [6, 6.07) is 4.02. The normalized spacial score (nSPS) is 12.0. The minimum absolute atomic E-state index is 0.219. The van der Waals surface area contributed by atoms with Crippen molar-refractivity contribution in [2.75, 3.05) is 12.4 Å². The molecule has 21 heavy (non-hydrogen) atoms. The predicted octanol–water partition coefficient (Wildman–Crippen LogP) is 2.71. The molecule has 1 aromatic heterocycles. The summed E-state index contributed by atoms with van der Waals surface area (Å²) < 4.78 is 18.9. The van der Waals surface area contributed by atoms with Gasteiger partial charge in [-0.1, -0.05) is 0 Å². The number of nitrogens with one attached hydrogen (secondary N) is 2. The number of aromatic nitrogens is 2. The molecule has 2 aromatic rings. The van der Waals surface area contributed by atoms with Crippen LogP contribution in [0.3, 0.4) is 0 Å². The molecule has 0 aliphatic rings.